The summed E-state index contributed by atoms with van der Waals surface area (Å²) < 4.78 is 13.8. The van der Waals surface area contributed by atoms with E-state index in [9.17, 15) is 9.18 Å². The summed E-state index contributed by atoms with van der Waals surface area (Å²) in [6.45, 7) is 5.76. The first-order chi connectivity index (χ1) is 11.1. The van der Waals surface area contributed by atoms with Gasteiger partial charge < -0.3 is 4.90 Å². The Bertz CT molecular complexity index is 688. The zero-order valence-corrected chi connectivity index (χ0v) is 14.0. The Morgan fingerprint density at radius 1 is 1.26 bits per heavy atom. The molecule has 0 spiro atoms. The Hall–Kier alpha value is -1.79. The molecule has 0 aliphatic carbocycles. The Morgan fingerprint density at radius 3 is 2.87 bits per heavy atom. The van der Waals surface area contributed by atoms with Gasteiger partial charge in [-0.15, -0.1) is 11.3 Å². The van der Waals surface area contributed by atoms with Crippen molar-refractivity contribution in [1.82, 2.24) is 14.8 Å². The molecule has 1 aromatic heterocycles. The number of aromatic nitrogens is 1. The topological polar surface area (TPSA) is 36.4 Å². The molecular formula is C17H20FN3OS. The largest absolute Gasteiger partial charge is 0.342 e. The standard InChI is InChI=1S/C17H20FN3OS/c1-13(22)21-8-4-7-20(9-10-21)11-14-12-23-17(19-14)15-5-2-3-6-16(15)18/h2-3,5-6,12H,4,7-11H2,1H3. The molecule has 1 aromatic carbocycles. The van der Waals surface area contributed by atoms with E-state index in [0.29, 0.717) is 5.56 Å². The van der Waals surface area contributed by atoms with Crippen molar-refractivity contribution >= 4 is 17.2 Å². The van der Waals surface area contributed by atoms with Crippen molar-refractivity contribution in [2.45, 2.75) is 19.9 Å². The molecule has 1 aliphatic rings. The molecule has 1 fully saturated rings. The zero-order valence-electron chi connectivity index (χ0n) is 13.2. The monoisotopic (exact) mass is 333 g/mol. The van der Waals surface area contributed by atoms with Gasteiger partial charge in [-0.2, -0.15) is 0 Å². The van der Waals surface area contributed by atoms with Crippen LogP contribution in [0.2, 0.25) is 0 Å². The van der Waals surface area contributed by atoms with Gasteiger partial charge >= 0.3 is 0 Å². The van der Waals surface area contributed by atoms with Crippen molar-refractivity contribution in [3.05, 3.63) is 41.2 Å². The molecule has 1 amide bonds. The van der Waals surface area contributed by atoms with Crippen molar-refractivity contribution in [2.24, 2.45) is 0 Å². The van der Waals surface area contributed by atoms with Crippen LogP contribution in [-0.2, 0) is 11.3 Å². The van der Waals surface area contributed by atoms with Crippen molar-refractivity contribution < 1.29 is 9.18 Å². The second-order valence-electron chi connectivity index (χ2n) is 5.76. The lowest BCUT2D eigenvalue weighted by Crippen LogP contribution is -2.33. The number of hydrogen-bond donors (Lipinski definition) is 0. The van der Waals surface area contributed by atoms with E-state index in [2.05, 4.69) is 9.88 Å². The highest BCUT2D eigenvalue weighted by molar-refractivity contribution is 7.13. The SMILES string of the molecule is CC(=O)N1CCCN(Cc2csc(-c3ccccc3F)n2)CC1. The maximum atomic E-state index is 13.8. The summed E-state index contributed by atoms with van der Waals surface area (Å²) in [5.41, 5.74) is 1.52. The summed E-state index contributed by atoms with van der Waals surface area (Å²) in [5.74, 6) is -0.0948. The highest BCUT2D eigenvalue weighted by atomic mass is 32.1. The lowest BCUT2D eigenvalue weighted by atomic mass is 10.2. The molecule has 122 valence electrons. The van der Waals surface area contributed by atoms with Crippen LogP contribution in [0.5, 0.6) is 0 Å². The fourth-order valence-corrected chi connectivity index (χ4v) is 3.65. The Labute approximate surface area is 139 Å². The van der Waals surface area contributed by atoms with Crippen LogP contribution < -0.4 is 0 Å². The lowest BCUT2D eigenvalue weighted by molar-refractivity contribution is -0.128. The molecule has 2 aromatic rings. The van der Waals surface area contributed by atoms with E-state index in [0.717, 1.165) is 49.8 Å². The molecular weight excluding hydrogens is 313 g/mol. The van der Waals surface area contributed by atoms with Gasteiger partial charge in [-0.3, -0.25) is 9.69 Å². The average molecular weight is 333 g/mol. The third-order valence-corrected chi connectivity index (χ3v) is 5.00. The van der Waals surface area contributed by atoms with E-state index < -0.39 is 0 Å². The van der Waals surface area contributed by atoms with Gasteiger partial charge in [0.1, 0.15) is 10.8 Å². The summed E-state index contributed by atoms with van der Waals surface area (Å²) in [6.07, 6.45) is 0.976. The van der Waals surface area contributed by atoms with Crippen LogP contribution in [0.3, 0.4) is 0 Å². The average Bonchev–Trinajstić information content (AvgIpc) is 2.85. The minimum Gasteiger partial charge on any atom is -0.342 e. The molecule has 0 N–H and O–H groups in total. The molecule has 0 radical (unpaired) electrons. The number of amides is 1. The third-order valence-electron chi connectivity index (χ3n) is 4.08. The number of carbonyl (C=O) groups excluding carboxylic acids is 1. The molecule has 1 aliphatic heterocycles. The normalized spacial score (nSPS) is 16.3. The van der Waals surface area contributed by atoms with Crippen LogP contribution in [-0.4, -0.2) is 46.9 Å². The summed E-state index contributed by atoms with van der Waals surface area (Å²) in [6, 6.07) is 6.73. The molecule has 0 atom stereocenters. The molecule has 0 bridgehead atoms. The lowest BCUT2D eigenvalue weighted by Gasteiger charge is -2.20. The molecule has 2 heterocycles. The first-order valence-electron chi connectivity index (χ1n) is 7.80. The first kappa shape index (κ1) is 16.1. The van der Waals surface area contributed by atoms with Crippen LogP contribution in [0.4, 0.5) is 4.39 Å². The van der Waals surface area contributed by atoms with Crippen molar-refractivity contribution in [2.75, 3.05) is 26.2 Å². The highest BCUT2D eigenvalue weighted by Gasteiger charge is 2.18. The number of carbonyl (C=O) groups is 1. The molecule has 1 saturated heterocycles. The molecule has 6 heteroatoms. The third kappa shape index (κ3) is 3.95. The molecule has 4 nitrogen and oxygen atoms in total. The number of halogens is 1. The van der Waals surface area contributed by atoms with Crippen molar-refractivity contribution in [3.8, 4) is 10.6 Å². The predicted octanol–water partition coefficient (Wildman–Crippen LogP) is 3.00. The van der Waals surface area contributed by atoms with E-state index in [1.54, 1.807) is 19.1 Å². The van der Waals surface area contributed by atoms with E-state index in [-0.39, 0.29) is 11.7 Å². The van der Waals surface area contributed by atoms with Gasteiger partial charge in [0.15, 0.2) is 0 Å². The fraction of sp³-hybridized carbons (Fsp3) is 0.412. The number of nitrogens with zero attached hydrogens (tertiary/aromatic N) is 3. The predicted molar refractivity (Wildman–Crippen MR) is 89.7 cm³/mol. The Kier molecular flexibility index (Phi) is 5.03. The Balaban J connectivity index is 1.65. The van der Waals surface area contributed by atoms with Crippen molar-refractivity contribution in [3.63, 3.8) is 0 Å². The van der Waals surface area contributed by atoms with Gasteiger partial charge in [-0.25, -0.2) is 9.37 Å². The first-order valence-corrected chi connectivity index (χ1v) is 8.68. The second-order valence-corrected chi connectivity index (χ2v) is 6.62. The van der Waals surface area contributed by atoms with E-state index >= 15 is 0 Å². The van der Waals surface area contributed by atoms with Gasteiger partial charge in [0.2, 0.25) is 5.91 Å². The van der Waals surface area contributed by atoms with Crippen LogP contribution in [0, 0.1) is 5.82 Å². The highest BCUT2D eigenvalue weighted by Crippen LogP contribution is 2.26. The van der Waals surface area contributed by atoms with Gasteiger partial charge in [-0.05, 0) is 18.6 Å². The minimum absolute atomic E-state index is 0.141. The summed E-state index contributed by atoms with van der Waals surface area (Å²) in [7, 11) is 0. The van der Waals surface area contributed by atoms with Crippen LogP contribution >= 0.6 is 11.3 Å². The van der Waals surface area contributed by atoms with E-state index in [4.69, 9.17) is 0 Å². The van der Waals surface area contributed by atoms with E-state index in [1.807, 2.05) is 16.3 Å². The maximum absolute atomic E-state index is 13.8. The van der Waals surface area contributed by atoms with Crippen LogP contribution in [0.1, 0.15) is 19.0 Å². The maximum Gasteiger partial charge on any atom is 0.219 e. The van der Waals surface area contributed by atoms with E-state index in [1.165, 1.54) is 17.4 Å². The minimum atomic E-state index is -0.236. The number of thiazole rings is 1. The van der Waals surface area contributed by atoms with Gasteiger partial charge in [0.25, 0.3) is 0 Å². The number of rotatable bonds is 3. The van der Waals surface area contributed by atoms with Gasteiger partial charge in [0, 0.05) is 50.6 Å². The summed E-state index contributed by atoms with van der Waals surface area (Å²) in [4.78, 5) is 20.2. The molecule has 23 heavy (non-hydrogen) atoms. The van der Waals surface area contributed by atoms with Crippen LogP contribution in [0.15, 0.2) is 29.6 Å². The molecule has 0 saturated carbocycles. The smallest absolute Gasteiger partial charge is 0.219 e. The molecule has 3 rings (SSSR count). The zero-order chi connectivity index (χ0) is 16.2. The quantitative estimate of drug-likeness (QED) is 0.866. The van der Waals surface area contributed by atoms with Crippen molar-refractivity contribution in [1.29, 1.82) is 0 Å². The Morgan fingerprint density at radius 2 is 2.09 bits per heavy atom. The second kappa shape index (κ2) is 7.19. The summed E-state index contributed by atoms with van der Waals surface area (Å²) >= 11 is 1.47. The van der Waals surface area contributed by atoms with Crippen LogP contribution in [0.25, 0.3) is 10.6 Å². The summed E-state index contributed by atoms with van der Waals surface area (Å²) in [5, 5.41) is 2.72. The fourth-order valence-electron chi connectivity index (χ4n) is 2.81. The molecule has 0 unspecified atom stereocenters. The van der Waals surface area contributed by atoms with Gasteiger partial charge in [-0.1, -0.05) is 12.1 Å². The number of hydrogen-bond acceptors (Lipinski definition) is 4. The van der Waals surface area contributed by atoms with Gasteiger partial charge in [0.05, 0.1) is 5.69 Å². The number of benzene rings is 1.